The number of hydrogen-bond donors (Lipinski definition) is 0. The molecule has 1 aliphatic heterocycles. The molecule has 4 aromatic rings. The fourth-order valence-corrected chi connectivity index (χ4v) is 22.2. The van der Waals surface area contributed by atoms with E-state index in [9.17, 15) is 0 Å². The average Bonchev–Trinajstić information content (AvgIpc) is 3.38. The van der Waals surface area contributed by atoms with Crippen molar-refractivity contribution in [1.82, 2.24) is 14.5 Å². The summed E-state index contributed by atoms with van der Waals surface area (Å²) in [6.07, 6.45) is 3.43. The summed E-state index contributed by atoms with van der Waals surface area (Å²) in [6.45, 7) is 17.3. The van der Waals surface area contributed by atoms with Crippen LogP contribution in [0.15, 0.2) is 134 Å². The van der Waals surface area contributed by atoms with Crippen LogP contribution in [0, 0.1) is 0 Å². The summed E-state index contributed by atoms with van der Waals surface area (Å²) in [5, 5.41) is 8.44. The van der Waals surface area contributed by atoms with Crippen molar-refractivity contribution < 1.29 is 0 Å². The molecule has 0 aromatic heterocycles. The fourth-order valence-electron chi connectivity index (χ4n) is 7.97. The van der Waals surface area contributed by atoms with Crippen LogP contribution in [0.4, 0.5) is 0 Å². The predicted molar refractivity (Wildman–Crippen MR) is 194 cm³/mol. The summed E-state index contributed by atoms with van der Waals surface area (Å²) in [5.41, 5.74) is 2.82. The van der Waals surface area contributed by atoms with E-state index in [2.05, 4.69) is 169 Å². The molecular weight excluding hydrogens is 560 g/mol. The van der Waals surface area contributed by atoms with Gasteiger partial charge in [-0.15, -0.1) is 0 Å². The Kier molecular flexibility index (Phi) is 10.7. The molecule has 43 heavy (non-hydrogen) atoms. The van der Waals surface area contributed by atoms with Crippen molar-refractivity contribution in [2.24, 2.45) is 0 Å². The van der Waals surface area contributed by atoms with Crippen LogP contribution in [-0.4, -0.2) is 40.3 Å². The Bertz CT molecular complexity index is 1320. The van der Waals surface area contributed by atoms with Gasteiger partial charge in [-0.05, 0) is 0 Å². The van der Waals surface area contributed by atoms with Crippen LogP contribution in [0.3, 0.4) is 0 Å². The average molecular weight is 612 g/mol. The molecule has 0 radical (unpaired) electrons. The molecule has 228 valence electrons. The standard InChI is InChI=1S/C38H51N3P2/c1-6-11-32-41(42(9-4,35-28-20-14-21-29-35)36-30-22-15-23-31-36)43(10-5)37(33-24-16-12-17-25-33)39(7-2)40(8-3)38(43)34-26-18-13-19-27-34/h10,12-31,37-38,42-43H,5-9,11,32H2,1-4H3/t37-,38-/m1/s1. The molecule has 1 fully saturated rings. The number of hydrogen-bond acceptors (Lipinski definition) is 3. The maximum atomic E-state index is 4.86. The molecule has 5 rings (SSSR count). The number of rotatable bonds is 13. The first kappa shape index (κ1) is 31.8. The molecular formula is C38H51N3P2. The molecule has 1 heterocycles. The second kappa shape index (κ2) is 14.4. The van der Waals surface area contributed by atoms with E-state index in [1.807, 2.05) is 0 Å². The van der Waals surface area contributed by atoms with Crippen molar-refractivity contribution in [3.8, 4) is 0 Å². The quantitative estimate of drug-likeness (QED) is 0.140. The molecule has 1 aliphatic rings. The number of unbranched alkanes of at least 4 members (excludes halogenated alkanes) is 1. The van der Waals surface area contributed by atoms with Gasteiger partial charge < -0.3 is 0 Å². The van der Waals surface area contributed by atoms with Crippen LogP contribution in [0.2, 0.25) is 0 Å². The third kappa shape index (κ3) is 5.56. The van der Waals surface area contributed by atoms with Gasteiger partial charge in [0.15, 0.2) is 0 Å². The molecule has 0 unspecified atom stereocenters. The summed E-state index contributed by atoms with van der Waals surface area (Å²) in [4.78, 5) is 0. The zero-order valence-electron chi connectivity index (χ0n) is 26.6. The van der Waals surface area contributed by atoms with Crippen molar-refractivity contribution in [2.75, 3.05) is 25.8 Å². The first-order chi connectivity index (χ1) is 21.1. The van der Waals surface area contributed by atoms with E-state index in [-0.39, 0.29) is 11.6 Å². The van der Waals surface area contributed by atoms with E-state index in [1.165, 1.54) is 21.7 Å². The Morgan fingerprint density at radius 1 is 0.651 bits per heavy atom. The third-order valence-corrected chi connectivity index (χ3v) is 21.6. The molecule has 3 nitrogen and oxygen atoms in total. The van der Waals surface area contributed by atoms with Crippen LogP contribution in [-0.2, 0) is 0 Å². The van der Waals surface area contributed by atoms with E-state index in [0.29, 0.717) is 0 Å². The van der Waals surface area contributed by atoms with Crippen LogP contribution < -0.4 is 10.6 Å². The molecule has 0 N–H and O–H groups in total. The summed E-state index contributed by atoms with van der Waals surface area (Å²) >= 11 is 0. The second-order valence-electron chi connectivity index (χ2n) is 11.7. The summed E-state index contributed by atoms with van der Waals surface area (Å²) in [7, 11) is -5.20. The first-order valence-corrected chi connectivity index (χ1v) is 20.6. The summed E-state index contributed by atoms with van der Waals surface area (Å²) in [6, 6.07) is 45.8. The molecule has 2 atom stereocenters. The van der Waals surface area contributed by atoms with Crippen molar-refractivity contribution in [3.05, 3.63) is 145 Å². The van der Waals surface area contributed by atoms with Crippen LogP contribution in [0.1, 0.15) is 63.2 Å². The Hall–Kier alpha value is -2.64. The Morgan fingerprint density at radius 2 is 1.05 bits per heavy atom. The van der Waals surface area contributed by atoms with Gasteiger partial charge in [0.1, 0.15) is 0 Å². The number of benzene rings is 4. The summed E-state index contributed by atoms with van der Waals surface area (Å²) in [5.74, 6) is 2.98. The minimum absolute atomic E-state index is 0.240. The van der Waals surface area contributed by atoms with Gasteiger partial charge in [-0.1, -0.05) is 0 Å². The predicted octanol–water partition coefficient (Wildman–Crippen LogP) is 9.20. The van der Waals surface area contributed by atoms with Crippen molar-refractivity contribution in [1.29, 1.82) is 0 Å². The van der Waals surface area contributed by atoms with Crippen molar-refractivity contribution in [2.45, 2.75) is 52.1 Å². The SMILES string of the molecule is C=C[PH]1(N(CCCC)[PH](CC)(c2ccccc2)c2ccccc2)[C@H](c2ccccc2)N(CC)N(CC)[C@H]1c1ccccc1. The Balaban J connectivity index is 1.93. The Labute approximate surface area is 262 Å². The number of nitrogens with zero attached hydrogens (tertiary/aromatic N) is 3. The fraction of sp³-hybridized carbons (Fsp3) is 0.316. The molecule has 0 aliphatic carbocycles. The molecule has 0 saturated carbocycles. The van der Waals surface area contributed by atoms with Crippen LogP contribution in [0.5, 0.6) is 0 Å². The second-order valence-corrected chi connectivity index (χ2v) is 20.1. The normalized spacial score (nSPS) is 20.2. The Morgan fingerprint density at radius 3 is 1.37 bits per heavy atom. The minimum atomic E-state index is -2.69. The van der Waals surface area contributed by atoms with Crippen molar-refractivity contribution >= 4 is 25.4 Å². The maximum absolute atomic E-state index is 4.86. The van der Waals surface area contributed by atoms with Gasteiger partial charge in [0.2, 0.25) is 0 Å². The van der Waals surface area contributed by atoms with Gasteiger partial charge in [-0.25, -0.2) is 0 Å². The molecule has 1 saturated heterocycles. The topological polar surface area (TPSA) is 9.72 Å². The van der Waals surface area contributed by atoms with E-state index >= 15 is 0 Å². The molecule has 5 heteroatoms. The summed E-state index contributed by atoms with van der Waals surface area (Å²) < 4.78 is 3.16. The molecule has 0 bridgehead atoms. The van der Waals surface area contributed by atoms with E-state index in [1.54, 1.807) is 0 Å². The van der Waals surface area contributed by atoms with Gasteiger partial charge in [0.25, 0.3) is 0 Å². The van der Waals surface area contributed by atoms with Crippen molar-refractivity contribution in [3.63, 3.8) is 0 Å². The van der Waals surface area contributed by atoms with Crippen LogP contribution >= 0.6 is 14.8 Å². The third-order valence-electron chi connectivity index (χ3n) is 9.69. The number of hydrazine groups is 1. The van der Waals surface area contributed by atoms with Gasteiger partial charge >= 0.3 is 263 Å². The van der Waals surface area contributed by atoms with E-state index in [0.717, 1.165) is 38.6 Å². The van der Waals surface area contributed by atoms with E-state index in [4.69, 9.17) is 6.58 Å². The van der Waals surface area contributed by atoms with Gasteiger partial charge in [-0.3, -0.25) is 0 Å². The molecule has 4 aromatic carbocycles. The van der Waals surface area contributed by atoms with Crippen LogP contribution in [0.25, 0.3) is 0 Å². The van der Waals surface area contributed by atoms with E-state index < -0.39 is 14.8 Å². The monoisotopic (exact) mass is 611 g/mol. The van der Waals surface area contributed by atoms with Gasteiger partial charge in [0.05, 0.1) is 0 Å². The molecule has 0 spiro atoms. The van der Waals surface area contributed by atoms with Gasteiger partial charge in [0, 0.05) is 0 Å². The zero-order chi connectivity index (χ0) is 30.3. The zero-order valence-corrected chi connectivity index (χ0v) is 28.6. The van der Waals surface area contributed by atoms with Gasteiger partial charge in [-0.2, -0.15) is 0 Å². The molecule has 0 amide bonds. The first-order valence-electron chi connectivity index (χ1n) is 16.3.